The van der Waals surface area contributed by atoms with Gasteiger partial charge in [-0.1, -0.05) is 56.3 Å². The van der Waals surface area contributed by atoms with Crippen molar-refractivity contribution in [3.63, 3.8) is 0 Å². The normalized spacial score (nSPS) is 11.2. The zero-order valence-electron chi connectivity index (χ0n) is 14.3. The van der Waals surface area contributed by atoms with Crippen molar-refractivity contribution in [3.05, 3.63) is 78.5 Å². The summed E-state index contributed by atoms with van der Waals surface area (Å²) in [6.07, 6.45) is 1.85. The van der Waals surface area contributed by atoms with Crippen LogP contribution < -0.4 is 0 Å². The van der Waals surface area contributed by atoms with Gasteiger partial charge in [0.1, 0.15) is 5.69 Å². The smallest absolute Gasteiger partial charge is 0.178 e. The second-order valence-electron chi connectivity index (χ2n) is 6.44. The predicted octanol–water partition coefficient (Wildman–Crippen LogP) is 5.48. The number of nitrogens with zero attached hydrogens (tertiary/aromatic N) is 3. The molecule has 0 unspecified atom stereocenters. The quantitative estimate of drug-likeness (QED) is 0.500. The first-order valence-electron chi connectivity index (χ1n) is 8.50. The van der Waals surface area contributed by atoms with Crippen LogP contribution >= 0.6 is 0 Å². The van der Waals surface area contributed by atoms with E-state index >= 15 is 0 Å². The molecule has 3 heteroatoms. The molecule has 0 aliphatic carbocycles. The Labute approximate surface area is 147 Å². The number of pyridine rings is 1. The Balaban J connectivity index is 1.77. The third kappa shape index (κ3) is 3.13. The molecule has 122 valence electrons. The SMILES string of the molecule is CC(C)c1cccc(-c2cccc(-c3ncc4ccccc4n3)n2)c1. The highest BCUT2D eigenvalue weighted by Gasteiger charge is 2.08. The van der Waals surface area contributed by atoms with Crippen molar-refractivity contribution in [2.24, 2.45) is 0 Å². The number of fused-ring (bicyclic) bond motifs is 1. The lowest BCUT2D eigenvalue weighted by molar-refractivity contribution is 0.867. The van der Waals surface area contributed by atoms with Gasteiger partial charge in [-0.3, -0.25) is 0 Å². The zero-order valence-corrected chi connectivity index (χ0v) is 14.3. The molecule has 0 bridgehead atoms. The fourth-order valence-corrected chi connectivity index (χ4v) is 2.87. The van der Waals surface area contributed by atoms with E-state index in [2.05, 4.69) is 48.1 Å². The monoisotopic (exact) mass is 325 g/mol. The highest BCUT2D eigenvalue weighted by molar-refractivity contribution is 5.79. The van der Waals surface area contributed by atoms with Gasteiger partial charge in [0.2, 0.25) is 0 Å². The van der Waals surface area contributed by atoms with Crippen LogP contribution in [0.5, 0.6) is 0 Å². The van der Waals surface area contributed by atoms with E-state index in [1.165, 1.54) is 5.56 Å². The molecule has 2 aromatic heterocycles. The van der Waals surface area contributed by atoms with Crippen LogP contribution in [0, 0.1) is 0 Å². The minimum atomic E-state index is 0.493. The Morgan fingerprint density at radius 2 is 1.56 bits per heavy atom. The van der Waals surface area contributed by atoms with Crippen LogP contribution in [0.4, 0.5) is 0 Å². The van der Waals surface area contributed by atoms with Gasteiger partial charge in [0.15, 0.2) is 5.82 Å². The number of benzene rings is 2. The van der Waals surface area contributed by atoms with E-state index in [1.54, 1.807) is 0 Å². The molecule has 0 N–H and O–H groups in total. The van der Waals surface area contributed by atoms with E-state index in [9.17, 15) is 0 Å². The lowest BCUT2D eigenvalue weighted by atomic mass is 9.99. The van der Waals surface area contributed by atoms with Gasteiger partial charge in [-0.05, 0) is 35.7 Å². The van der Waals surface area contributed by atoms with Crippen molar-refractivity contribution in [2.45, 2.75) is 19.8 Å². The largest absolute Gasteiger partial charge is 0.244 e. The van der Waals surface area contributed by atoms with Crippen molar-refractivity contribution in [1.82, 2.24) is 15.0 Å². The van der Waals surface area contributed by atoms with Crippen molar-refractivity contribution in [3.8, 4) is 22.8 Å². The minimum Gasteiger partial charge on any atom is -0.244 e. The van der Waals surface area contributed by atoms with Gasteiger partial charge >= 0.3 is 0 Å². The Morgan fingerprint density at radius 3 is 2.44 bits per heavy atom. The van der Waals surface area contributed by atoms with Gasteiger partial charge in [-0.15, -0.1) is 0 Å². The first-order chi connectivity index (χ1) is 12.2. The number of para-hydroxylation sites is 1. The molecule has 0 fully saturated rings. The van der Waals surface area contributed by atoms with Crippen LogP contribution in [0.25, 0.3) is 33.7 Å². The molecule has 2 aromatic carbocycles. The maximum Gasteiger partial charge on any atom is 0.178 e. The molecule has 4 aromatic rings. The molecule has 0 amide bonds. The molecule has 0 saturated carbocycles. The molecule has 0 aliphatic rings. The maximum atomic E-state index is 4.80. The minimum absolute atomic E-state index is 0.493. The van der Waals surface area contributed by atoms with Crippen LogP contribution in [0.2, 0.25) is 0 Å². The van der Waals surface area contributed by atoms with E-state index in [0.29, 0.717) is 11.7 Å². The number of aromatic nitrogens is 3. The molecular weight excluding hydrogens is 306 g/mol. The van der Waals surface area contributed by atoms with Crippen molar-refractivity contribution >= 4 is 10.9 Å². The number of hydrogen-bond acceptors (Lipinski definition) is 3. The summed E-state index contributed by atoms with van der Waals surface area (Å²) in [4.78, 5) is 13.9. The van der Waals surface area contributed by atoms with Crippen LogP contribution in [0.1, 0.15) is 25.3 Å². The summed E-state index contributed by atoms with van der Waals surface area (Å²) in [5.74, 6) is 1.15. The second kappa shape index (κ2) is 6.44. The fourth-order valence-electron chi connectivity index (χ4n) is 2.87. The lowest BCUT2D eigenvalue weighted by Crippen LogP contribution is -1.94. The Morgan fingerprint density at radius 1 is 0.760 bits per heavy atom. The third-order valence-electron chi connectivity index (χ3n) is 4.32. The highest BCUT2D eigenvalue weighted by Crippen LogP contribution is 2.25. The summed E-state index contributed by atoms with van der Waals surface area (Å²) in [5.41, 5.74) is 5.09. The average Bonchev–Trinajstić information content (AvgIpc) is 2.68. The van der Waals surface area contributed by atoms with Gasteiger partial charge in [0, 0.05) is 17.1 Å². The van der Waals surface area contributed by atoms with Gasteiger partial charge in [0.25, 0.3) is 0 Å². The molecule has 0 spiro atoms. The van der Waals surface area contributed by atoms with Crippen LogP contribution in [-0.2, 0) is 0 Å². The molecule has 0 aliphatic heterocycles. The first kappa shape index (κ1) is 15.5. The van der Waals surface area contributed by atoms with Crippen LogP contribution in [-0.4, -0.2) is 15.0 Å². The van der Waals surface area contributed by atoms with E-state index in [4.69, 9.17) is 4.98 Å². The predicted molar refractivity (Wildman–Crippen MR) is 102 cm³/mol. The Kier molecular flexibility index (Phi) is 3.98. The van der Waals surface area contributed by atoms with Gasteiger partial charge in [-0.2, -0.15) is 0 Å². The fraction of sp³-hybridized carbons (Fsp3) is 0.136. The Bertz CT molecular complexity index is 1040. The molecule has 3 nitrogen and oxygen atoms in total. The number of hydrogen-bond donors (Lipinski definition) is 0. The van der Waals surface area contributed by atoms with Gasteiger partial charge < -0.3 is 0 Å². The summed E-state index contributed by atoms with van der Waals surface area (Å²) in [5, 5.41) is 1.03. The van der Waals surface area contributed by atoms with E-state index in [-0.39, 0.29) is 0 Å². The molecular formula is C22H19N3. The summed E-state index contributed by atoms with van der Waals surface area (Å²) >= 11 is 0. The van der Waals surface area contributed by atoms with Crippen LogP contribution in [0.3, 0.4) is 0 Å². The van der Waals surface area contributed by atoms with E-state index in [1.807, 2.05) is 48.7 Å². The molecule has 0 saturated heterocycles. The van der Waals surface area contributed by atoms with E-state index in [0.717, 1.165) is 27.9 Å². The van der Waals surface area contributed by atoms with Crippen molar-refractivity contribution in [1.29, 1.82) is 0 Å². The van der Waals surface area contributed by atoms with Gasteiger partial charge in [0.05, 0.1) is 11.2 Å². The molecule has 25 heavy (non-hydrogen) atoms. The topological polar surface area (TPSA) is 38.7 Å². The van der Waals surface area contributed by atoms with Crippen molar-refractivity contribution in [2.75, 3.05) is 0 Å². The lowest BCUT2D eigenvalue weighted by Gasteiger charge is -2.09. The Hall–Kier alpha value is -3.07. The van der Waals surface area contributed by atoms with Gasteiger partial charge in [-0.25, -0.2) is 15.0 Å². The summed E-state index contributed by atoms with van der Waals surface area (Å²) in [6, 6.07) is 22.5. The summed E-state index contributed by atoms with van der Waals surface area (Å²) in [7, 11) is 0. The van der Waals surface area contributed by atoms with Crippen LogP contribution in [0.15, 0.2) is 72.9 Å². The summed E-state index contributed by atoms with van der Waals surface area (Å²) < 4.78 is 0. The molecule has 0 atom stereocenters. The molecule has 4 rings (SSSR count). The maximum absolute atomic E-state index is 4.80. The van der Waals surface area contributed by atoms with Crippen molar-refractivity contribution < 1.29 is 0 Å². The molecule has 0 radical (unpaired) electrons. The van der Waals surface area contributed by atoms with E-state index < -0.39 is 0 Å². The second-order valence-corrected chi connectivity index (χ2v) is 6.44. The first-order valence-corrected chi connectivity index (χ1v) is 8.50. The summed E-state index contributed by atoms with van der Waals surface area (Å²) in [6.45, 7) is 4.40. The third-order valence-corrected chi connectivity index (χ3v) is 4.32. The highest BCUT2D eigenvalue weighted by atomic mass is 14.9. The zero-order chi connectivity index (χ0) is 17.2. The molecule has 2 heterocycles. The number of rotatable bonds is 3. The standard InChI is InChI=1S/C22H19N3/c1-15(2)16-8-5-9-17(13-16)19-11-6-12-21(24-19)22-23-14-18-7-3-4-10-20(18)25-22/h3-15H,1-2H3. The average molecular weight is 325 g/mol.